The van der Waals surface area contributed by atoms with Crippen molar-refractivity contribution in [1.29, 1.82) is 0 Å². The van der Waals surface area contributed by atoms with E-state index in [4.69, 9.17) is 0 Å². The average molecular weight is 474 g/mol. The second-order valence-electron chi connectivity index (χ2n) is 7.29. The van der Waals surface area contributed by atoms with Gasteiger partial charge < -0.3 is 5.32 Å². The van der Waals surface area contributed by atoms with Gasteiger partial charge >= 0.3 is 0 Å². The van der Waals surface area contributed by atoms with Crippen LogP contribution in [0.5, 0.6) is 0 Å². The van der Waals surface area contributed by atoms with E-state index in [1.165, 1.54) is 35.6 Å². The quantitative estimate of drug-likeness (QED) is 0.293. The monoisotopic (exact) mass is 473 g/mol. The van der Waals surface area contributed by atoms with Gasteiger partial charge in [-0.2, -0.15) is 0 Å². The van der Waals surface area contributed by atoms with E-state index in [2.05, 4.69) is 20.8 Å². The Labute approximate surface area is 198 Å². The van der Waals surface area contributed by atoms with Crippen LogP contribution < -0.4 is 10.6 Å². The number of nitro benzene ring substituents is 1. The molecule has 0 radical (unpaired) electrons. The Balaban J connectivity index is 1.53. The maximum absolute atomic E-state index is 13.1. The first kappa shape index (κ1) is 22.7. The van der Waals surface area contributed by atoms with Gasteiger partial charge in [0, 0.05) is 29.7 Å². The van der Waals surface area contributed by atoms with Crippen LogP contribution in [0.1, 0.15) is 15.9 Å². The molecule has 0 aliphatic heterocycles. The Morgan fingerprint density at radius 3 is 2.35 bits per heavy atom. The minimum Gasteiger partial charge on any atom is -0.340 e. The number of nitro groups is 1. The van der Waals surface area contributed by atoms with Crippen LogP contribution in [0.15, 0.2) is 84.9 Å². The lowest BCUT2D eigenvalue weighted by molar-refractivity contribution is -0.384. The lowest BCUT2D eigenvalue weighted by Gasteiger charge is -2.18. The Morgan fingerprint density at radius 2 is 1.65 bits per heavy atom. The van der Waals surface area contributed by atoms with Gasteiger partial charge in [-0.25, -0.2) is 0 Å². The highest BCUT2D eigenvalue weighted by Gasteiger charge is 2.24. The zero-order valence-electron chi connectivity index (χ0n) is 17.8. The molecule has 1 atom stereocenters. The molecule has 0 aliphatic carbocycles. The van der Waals surface area contributed by atoms with E-state index in [1.54, 1.807) is 0 Å². The first-order chi connectivity index (χ1) is 16.5. The molecule has 10 heteroatoms. The lowest BCUT2D eigenvalue weighted by atomic mass is 10.0. The van der Waals surface area contributed by atoms with E-state index in [-0.39, 0.29) is 17.7 Å². The SMILES string of the molecule is O=C(NC(Cc1ccccc1)C(=O)Nc1nnc(-c2ccccc2)s1)c1cccc([N+](=O)[O-])c1. The Morgan fingerprint density at radius 1 is 0.941 bits per heavy atom. The first-order valence-corrected chi connectivity index (χ1v) is 11.1. The van der Waals surface area contributed by atoms with E-state index in [1.807, 2.05) is 60.7 Å². The molecule has 0 spiro atoms. The summed E-state index contributed by atoms with van der Waals surface area (Å²) in [5.41, 5.74) is 1.59. The van der Waals surface area contributed by atoms with Crippen LogP contribution >= 0.6 is 11.3 Å². The fraction of sp³-hybridized carbons (Fsp3) is 0.0833. The first-order valence-electron chi connectivity index (χ1n) is 10.3. The molecule has 2 N–H and O–H groups in total. The molecule has 3 aromatic carbocycles. The Hall–Kier alpha value is -4.44. The molecule has 1 unspecified atom stereocenters. The van der Waals surface area contributed by atoms with Crippen molar-refractivity contribution >= 4 is 34.0 Å². The summed E-state index contributed by atoms with van der Waals surface area (Å²) in [6.45, 7) is 0. The molecule has 2 amide bonds. The van der Waals surface area contributed by atoms with Gasteiger partial charge in [0.25, 0.3) is 11.6 Å². The molecule has 34 heavy (non-hydrogen) atoms. The van der Waals surface area contributed by atoms with Gasteiger partial charge in [0.15, 0.2) is 0 Å². The second-order valence-corrected chi connectivity index (χ2v) is 8.27. The van der Waals surface area contributed by atoms with Crippen molar-refractivity contribution in [1.82, 2.24) is 15.5 Å². The van der Waals surface area contributed by atoms with Crippen molar-refractivity contribution in [3.8, 4) is 10.6 Å². The van der Waals surface area contributed by atoms with Crippen molar-refractivity contribution in [3.63, 3.8) is 0 Å². The van der Waals surface area contributed by atoms with E-state index in [9.17, 15) is 19.7 Å². The summed E-state index contributed by atoms with van der Waals surface area (Å²) in [5.74, 6) is -1.07. The van der Waals surface area contributed by atoms with Gasteiger partial charge in [0.2, 0.25) is 11.0 Å². The highest BCUT2D eigenvalue weighted by atomic mass is 32.1. The van der Waals surface area contributed by atoms with Gasteiger partial charge in [0.1, 0.15) is 11.0 Å². The number of amides is 2. The Bertz CT molecular complexity index is 1310. The van der Waals surface area contributed by atoms with Crippen LogP contribution in [0.4, 0.5) is 10.8 Å². The molecule has 4 aromatic rings. The average Bonchev–Trinajstić information content (AvgIpc) is 3.33. The minimum absolute atomic E-state index is 0.0855. The molecule has 0 saturated carbocycles. The van der Waals surface area contributed by atoms with Gasteiger partial charge in [0.05, 0.1) is 4.92 Å². The van der Waals surface area contributed by atoms with Gasteiger partial charge in [-0.05, 0) is 11.6 Å². The number of non-ortho nitro benzene ring substituents is 1. The van der Waals surface area contributed by atoms with E-state index in [0.717, 1.165) is 11.1 Å². The van der Waals surface area contributed by atoms with Crippen LogP contribution in [-0.4, -0.2) is 33.0 Å². The number of carbonyl (C=O) groups is 2. The number of aromatic nitrogens is 2. The van der Waals surface area contributed by atoms with Crippen LogP contribution in [0.3, 0.4) is 0 Å². The van der Waals surface area contributed by atoms with Crippen molar-refractivity contribution in [2.45, 2.75) is 12.5 Å². The van der Waals surface area contributed by atoms with Crippen LogP contribution in [-0.2, 0) is 11.2 Å². The summed E-state index contributed by atoms with van der Waals surface area (Å²) in [7, 11) is 0. The smallest absolute Gasteiger partial charge is 0.270 e. The standard InChI is InChI=1S/C24H19N5O4S/c30-21(18-12-7-13-19(15-18)29(32)33)25-20(14-16-8-3-1-4-9-16)22(31)26-24-28-27-23(34-24)17-10-5-2-6-11-17/h1-13,15,20H,14H2,(H,25,30)(H,26,28,31). The fourth-order valence-corrected chi connectivity index (χ4v) is 3.98. The zero-order chi connectivity index (χ0) is 23.9. The van der Waals surface area contributed by atoms with Crippen LogP contribution in [0.25, 0.3) is 10.6 Å². The number of rotatable bonds is 8. The summed E-state index contributed by atoms with van der Waals surface area (Å²) in [5, 5.41) is 25.6. The molecule has 0 bridgehead atoms. The molecule has 0 saturated heterocycles. The van der Waals surface area contributed by atoms with Crippen molar-refractivity contribution in [3.05, 3.63) is 106 Å². The number of nitrogens with one attached hydrogen (secondary N) is 2. The van der Waals surface area contributed by atoms with E-state index < -0.39 is 22.8 Å². The Kier molecular flexibility index (Phi) is 6.99. The fourth-order valence-electron chi connectivity index (χ4n) is 3.22. The predicted molar refractivity (Wildman–Crippen MR) is 128 cm³/mol. The second kappa shape index (κ2) is 10.5. The van der Waals surface area contributed by atoms with E-state index in [0.29, 0.717) is 10.1 Å². The summed E-state index contributed by atoms with van der Waals surface area (Å²) in [4.78, 5) is 36.4. The van der Waals surface area contributed by atoms with Crippen LogP contribution in [0, 0.1) is 10.1 Å². The number of benzene rings is 3. The maximum atomic E-state index is 13.1. The van der Waals surface area contributed by atoms with Gasteiger partial charge in [-0.1, -0.05) is 78.1 Å². The third-order valence-electron chi connectivity index (χ3n) is 4.90. The predicted octanol–water partition coefficient (Wildman–Crippen LogP) is 4.09. The molecular formula is C24H19N5O4S. The maximum Gasteiger partial charge on any atom is 0.270 e. The van der Waals surface area contributed by atoms with Gasteiger partial charge in [-0.3, -0.25) is 25.0 Å². The van der Waals surface area contributed by atoms with Crippen molar-refractivity contribution in [2.75, 3.05) is 5.32 Å². The largest absolute Gasteiger partial charge is 0.340 e. The number of nitrogens with zero attached hydrogens (tertiary/aromatic N) is 3. The molecule has 1 aromatic heterocycles. The zero-order valence-corrected chi connectivity index (χ0v) is 18.6. The van der Waals surface area contributed by atoms with Crippen molar-refractivity contribution < 1.29 is 14.5 Å². The number of carbonyl (C=O) groups excluding carboxylic acids is 2. The third kappa shape index (κ3) is 5.67. The summed E-state index contributed by atoms with van der Waals surface area (Å²) < 4.78 is 0. The topological polar surface area (TPSA) is 127 Å². The van der Waals surface area contributed by atoms with Gasteiger partial charge in [-0.15, -0.1) is 10.2 Å². The highest BCUT2D eigenvalue weighted by molar-refractivity contribution is 7.18. The highest BCUT2D eigenvalue weighted by Crippen LogP contribution is 2.26. The molecule has 4 rings (SSSR count). The molecular weight excluding hydrogens is 454 g/mol. The summed E-state index contributed by atoms with van der Waals surface area (Å²) >= 11 is 1.22. The molecule has 0 aliphatic rings. The number of anilines is 1. The normalized spacial score (nSPS) is 11.4. The minimum atomic E-state index is -0.946. The summed E-state index contributed by atoms with van der Waals surface area (Å²) in [6, 6.07) is 23.1. The molecule has 9 nitrogen and oxygen atoms in total. The molecule has 0 fully saturated rings. The molecule has 170 valence electrons. The molecule has 1 heterocycles. The van der Waals surface area contributed by atoms with Crippen LogP contribution in [0.2, 0.25) is 0 Å². The van der Waals surface area contributed by atoms with E-state index >= 15 is 0 Å². The third-order valence-corrected chi connectivity index (χ3v) is 5.79. The number of hydrogen-bond donors (Lipinski definition) is 2. The van der Waals surface area contributed by atoms with Crippen molar-refractivity contribution in [2.24, 2.45) is 0 Å². The lowest BCUT2D eigenvalue weighted by Crippen LogP contribution is -2.45. The number of hydrogen-bond acceptors (Lipinski definition) is 7. The summed E-state index contributed by atoms with van der Waals surface area (Å²) in [6.07, 6.45) is 0.220.